The molecule has 2 rings (SSSR count). The summed E-state index contributed by atoms with van der Waals surface area (Å²) in [6, 6.07) is 7.27. The Balaban J connectivity index is 1.85. The van der Waals surface area contributed by atoms with Crippen LogP contribution in [0.25, 0.3) is 0 Å². The summed E-state index contributed by atoms with van der Waals surface area (Å²) in [7, 11) is 0. The van der Waals surface area contributed by atoms with Crippen molar-refractivity contribution < 1.29 is 9.90 Å². The fraction of sp³-hybridized carbons (Fsp3) is 0.267. The molecule has 2 aromatic rings. The zero-order chi connectivity index (χ0) is 14.5. The van der Waals surface area contributed by atoms with E-state index in [9.17, 15) is 9.90 Å². The van der Waals surface area contributed by atoms with Crippen molar-refractivity contribution in [1.82, 2.24) is 5.32 Å². The highest BCUT2D eigenvalue weighted by Crippen LogP contribution is 2.16. The normalized spacial score (nSPS) is 11.9. The average Bonchev–Trinajstić information content (AvgIpc) is 2.94. The van der Waals surface area contributed by atoms with Crippen LogP contribution in [-0.2, 0) is 0 Å². The number of aryl methyl sites for hydroxylation is 2. The summed E-state index contributed by atoms with van der Waals surface area (Å²) in [5, 5.41) is 19.0. The van der Waals surface area contributed by atoms with Gasteiger partial charge in [0.25, 0.3) is 0 Å². The molecule has 4 nitrogen and oxygen atoms in total. The van der Waals surface area contributed by atoms with Crippen molar-refractivity contribution in [2.45, 2.75) is 20.0 Å². The lowest BCUT2D eigenvalue weighted by molar-refractivity contribution is 0.175. The predicted octanol–water partition coefficient (Wildman–Crippen LogP) is 3.22. The molecule has 0 aliphatic carbocycles. The fourth-order valence-corrected chi connectivity index (χ4v) is 2.47. The van der Waals surface area contributed by atoms with Crippen molar-refractivity contribution in [3.05, 3.63) is 51.7 Å². The van der Waals surface area contributed by atoms with Crippen LogP contribution in [0, 0.1) is 13.8 Å². The number of hydrogen-bond donors (Lipinski definition) is 3. The monoisotopic (exact) mass is 290 g/mol. The summed E-state index contributed by atoms with van der Waals surface area (Å²) in [5.74, 6) is 0. The van der Waals surface area contributed by atoms with Crippen LogP contribution in [0.4, 0.5) is 10.5 Å². The fourth-order valence-electron chi connectivity index (χ4n) is 1.77. The Bertz CT molecular complexity index is 582. The molecule has 2 amide bonds. The van der Waals surface area contributed by atoms with E-state index in [4.69, 9.17) is 0 Å². The van der Waals surface area contributed by atoms with Crippen LogP contribution < -0.4 is 10.6 Å². The molecule has 0 aliphatic rings. The van der Waals surface area contributed by atoms with Crippen molar-refractivity contribution in [2.75, 3.05) is 11.9 Å². The second-order valence-electron chi connectivity index (χ2n) is 4.71. The number of aliphatic hydroxyl groups excluding tert-OH is 1. The maximum Gasteiger partial charge on any atom is 0.319 e. The predicted molar refractivity (Wildman–Crippen MR) is 82.2 cm³/mol. The van der Waals surface area contributed by atoms with Crippen molar-refractivity contribution in [3.8, 4) is 0 Å². The largest absolute Gasteiger partial charge is 0.387 e. The first kappa shape index (κ1) is 14.6. The van der Waals surface area contributed by atoms with Gasteiger partial charge in [0.05, 0.1) is 6.10 Å². The second kappa shape index (κ2) is 6.54. The molecule has 3 N–H and O–H groups in total. The third-order valence-corrected chi connectivity index (χ3v) is 3.85. The van der Waals surface area contributed by atoms with Gasteiger partial charge in [0.15, 0.2) is 0 Å². The van der Waals surface area contributed by atoms with Crippen LogP contribution in [0.5, 0.6) is 0 Å². The second-order valence-corrected chi connectivity index (χ2v) is 5.49. The van der Waals surface area contributed by atoms with Crippen molar-refractivity contribution >= 4 is 23.1 Å². The summed E-state index contributed by atoms with van der Waals surface area (Å²) in [6.45, 7) is 4.21. The lowest BCUT2D eigenvalue weighted by atomic mass is 10.1. The molecule has 0 saturated carbocycles. The summed E-state index contributed by atoms with van der Waals surface area (Å²) in [5.41, 5.74) is 3.88. The van der Waals surface area contributed by atoms with Crippen LogP contribution in [0.2, 0.25) is 0 Å². The SMILES string of the molecule is Cc1ccc(NC(=O)NC[C@H](O)c2ccsc2)cc1C. The summed E-state index contributed by atoms with van der Waals surface area (Å²) < 4.78 is 0. The highest BCUT2D eigenvalue weighted by Gasteiger charge is 2.09. The van der Waals surface area contributed by atoms with Gasteiger partial charge in [-0.1, -0.05) is 6.07 Å². The molecule has 0 fully saturated rings. The van der Waals surface area contributed by atoms with E-state index in [2.05, 4.69) is 10.6 Å². The van der Waals surface area contributed by atoms with E-state index in [1.54, 1.807) is 0 Å². The number of thiophene rings is 1. The van der Waals surface area contributed by atoms with Crippen molar-refractivity contribution in [3.63, 3.8) is 0 Å². The summed E-state index contributed by atoms with van der Waals surface area (Å²) in [6.07, 6.45) is -0.674. The zero-order valence-corrected chi connectivity index (χ0v) is 12.3. The Morgan fingerprint density at radius 3 is 2.75 bits per heavy atom. The number of urea groups is 1. The lowest BCUT2D eigenvalue weighted by Crippen LogP contribution is -2.32. The van der Waals surface area contributed by atoms with Crippen molar-refractivity contribution in [1.29, 1.82) is 0 Å². The minimum absolute atomic E-state index is 0.188. The van der Waals surface area contributed by atoms with Gasteiger partial charge in [0.1, 0.15) is 0 Å². The number of carbonyl (C=O) groups is 1. The Kier molecular flexibility index (Phi) is 4.76. The highest BCUT2D eigenvalue weighted by molar-refractivity contribution is 7.07. The van der Waals surface area contributed by atoms with Crippen LogP contribution >= 0.6 is 11.3 Å². The third-order valence-electron chi connectivity index (χ3n) is 3.15. The van der Waals surface area contributed by atoms with E-state index in [1.165, 1.54) is 16.9 Å². The molecule has 1 aromatic heterocycles. The Hall–Kier alpha value is -1.85. The molecule has 1 aromatic carbocycles. The number of aliphatic hydroxyl groups is 1. The quantitative estimate of drug-likeness (QED) is 0.809. The van der Waals surface area contributed by atoms with E-state index in [0.717, 1.165) is 16.8 Å². The van der Waals surface area contributed by atoms with Crippen molar-refractivity contribution in [2.24, 2.45) is 0 Å². The van der Waals surface area contributed by atoms with Crippen LogP contribution in [0.3, 0.4) is 0 Å². The molecule has 0 radical (unpaired) electrons. The van der Waals surface area contributed by atoms with Gasteiger partial charge in [-0.2, -0.15) is 11.3 Å². The van der Waals surface area contributed by atoms with Gasteiger partial charge in [-0.3, -0.25) is 0 Å². The van der Waals surface area contributed by atoms with E-state index in [-0.39, 0.29) is 12.6 Å². The molecule has 1 heterocycles. The van der Waals surface area contributed by atoms with Gasteiger partial charge in [-0.15, -0.1) is 0 Å². The Labute approximate surface area is 122 Å². The molecule has 0 unspecified atom stereocenters. The molecule has 0 saturated heterocycles. The molecule has 5 heteroatoms. The van der Waals surface area contributed by atoms with Crippen LogP contribution in [-0.4, -0.2) is 17.7 Å². The van der Waals surface area contributed by atoms with Gasteiger partial charge >= 0.3 is 6.03 Å². The molecule has 1 atom stereocenters. The smallest absolute Gasteiger partial charge is 0.319 e. The average molecular weight is 290 g/mol. The highest BCUT2D eigenvalue weighted by atomic mass is 32.1. The van der Waals surface area contributed by atoms with Gasteiger partial charge in [-0.25, -0.2) is 4.79 Å². The molecular weight excluding hydrogens is 272 g/mol. The first-order valence-corrected chi connectivity index (χ1v) is 7.33. The van der Waals surface area contributed by atoms with E-state index >= 15 is 0 Å². The number of carbonyl (C=O) groups excluding carboxylic acids is 1. The van der Waals surface area contributed by atoms with Gasteiger partial charge < -0.3 is 15.7 Å². The molecule has 106 valence electrons. The number of nitrogens with one attached hydrogen (secondary N) is 2. The first-order valence-electron chi connectivity index (χ1n) is 6.38. The Morgan fingerprint density at radius 2 is 2.10 bits per heavy atom. The Morgan fingerprint density at radius 1 is 1.30 bits per heavy atom. The summed E-state index contributed by atoms with van der Waals surface area (Å²) >= 11 is 1.52. The van der Waals surface area contributed by atoms with Gasteiger partial charge in [0, 0.05) is 12.2 Å². The van der Waals surface area contributed by atoms with Crippen LogP contribution in [0.1, 0.15) is 22.8 Å². The minimum atomic E-state index is -0.674. The molecule has 20 heavy (non-hydrogen) atoms. The number of hydrogen-bond acceptors (Lipinski definition) is 3. The maximum absolute atomic E-state index is 11.8. The van der Waals surface area contributed by atoms with E-state index in [1.807, 2.05) is 48.9 Å². The van der Waals surface area contributed by atoms with Crippen LogP contribution in [0.15, 0.2) is 35.0 Å². The molecular formula is C15H18N2O2S. The number of amides is 2. The number of rotatable bonds is 4. The lowest BCUT2D eigenvalue weighted by Gasteiger charge is -2.12. The minimum Gasteiger partial charge on any atom is -0.387 e. The summed E-state index contributed by atoms with van der Waals surface area (Å²) in [4.78, 5) is 11.8. The maximum atomic E-state index is 11.8. The van der Waals surface area contributed by atoms with Gasteiger partial charge in [0.2, 0.25) is 0 Å². The van der Waals surface area contributed by atoms with E-state index in [0.29, 0.717) is 0 Å². The standard InChI is InChI=1S/C15H18N2O2S/c1-10-3-4-13(7-11(10)2)17-15(19)16-8-14(18)12-5-6-20-9-12/h3-7,9,14,18H,8H2,1-2H3,(H2,16,17,19)/t14-/m0/s1. The number of benzene rings is 1. The zero-order valence-electron chi connectivity index (χ0n) is 11.5. The molecule has 0 spiro atoms. The number of anilines is 1. The topological polar surface area (TPSA) is 61.4 Å². The van der Waals surface area contributed by atoms with E-state index < -0.39 is 6.10 Å². The molecule has 0 bridgehead atoms. The first-order chi connectivity index (χ1) is 9.56. The molecule has 0 aliphatic heterocycles. The third kappa shape index (κ3) is 3.82. The van der Waals surface area contributed by atoms with Gasteiger partial charge in [-0.05, 0) is 59.5 Å².